The van der Waals surface area contributed by atoms with Crippen molar-refractivity contribution in [2.24, 2.45) is 0 Å². The number of ether oxygens (including phenoxy) is 1. The van der Waals surface area contributed by atoms with Gasteiger partial charge in [-0.3, -0.25) is 0 Å². The SMILES string of the molecule is Cc1ccc(Br)cc1NCC1CCC(C)O1. The molecule has 2 atom stereocenters. The van der Waals surface area contributed by atoms with Crippen LogP contribution < -0.4 is 5.32 Å². The maximum Gasteiger partial charge on any atom is 0.0751 e. The van der Waals surface area contributed by atoms with Crippen LogP contribution in [0.4, 0.5) is 5.69 Å². The minimum atomic E-state index is 0.369. The Bertz CT molecular complexity index is 367. The fourth-order valence-electron chi connectivity index (χ4n) is 2.04. The Balaban J connectivity index is 1.91. The van der Waals surface area contributed by atoms with Gasteiger partial charge in [-0.15, -0.1) is 0 Å². The van der Waals surface area contributed by atoms with Crippen LogP contribution in [0, 0.1) is 6.92 Å². The summed E-state index contributed by atoms with van der Waals surface area (Å²) in [5, 5.41) is 3.46. The van der Waals surface area contributed by atoms with E-state index in [9.17, 15) is 0 Å². The Morgan fingerprint density at radius 2 is 2.25 bits per heavy atom. The summed E-state index contributed by atoms with van der Waals surface area (Å²) in [6.07, 6.45) is 3.15. The van der Waals surface area contributed by atoms with E-state index in [1.807, 2.05) is 0 Å². The number of rotatable bonds is 3. The van der Waals surface area contributed by atoms with Crippen LogP contribution in [0.1, 0.15) is 25.3 Å². The highest BCUT2D eigenvalue weighted by Crippen LogP contribution is 2.23. The van der Waals surface area contributed by atoms with Crippen molar-refractivity contribution in [1.82, 2.24) is 0 Å². The van der Waals surface area contributed by atoms with E-state index in [-0.39, 0.29) is 0 Å². The number of hydrogen-bond acceptors (Lipinski definition) is 2. The van der Waals surface area contributed by atoms with Crippen LogP contribution in [0.3, 0.4) is 0 Å². The quantitative estimate of drug-likeness (QED) is 0.913. The first-order chi connectivity index (χ1) is 7.65. The summed E-state index contributed by atoms with van der Waals surface area (Å²) in [5.41, 5.74) is 2.46. The van der Waals surface area contributed by atoms with Crippen molar-refractivity contribution >= 4 is 21.6 Å². The van der Waals surface area contributed by atoms with E-state index in [0.717, 1.165) is 11.0 Å². The second-order valence-corrected chi connectivity index (χ2v) is 5.40. The fraction of sp³-hybridized carbons (Fsp3) is 0.538. The van der Waals surface area contributed by atoms with Crippen molar-refractivity contribution in [3.63, 3.8) is 0 Å². The lowest BCUT2D eigenvalue weighted by Crippen LogP contribution is -2.20. The van der Waals surface area contributed by atoms with Gasteiger partial charge in [0.25, 0.3) is 0 Å². The maximum absolute atomic E-state index is 5.78. The Morgan fingerprint density at radius 1 is 1.44 bits per heavy atom. The lowest BCUT2D eigenvalue weighted by molar-refractivity contribution is 0.0637. The minimum Gasteiger partial charge on any atom is -0.382 e. The normalized spacial score (nSPS) is 24.7. The van der Waals surface area contributed by atoms with Gasteiger partial charge in [0.1, 0.15) is 0 Å². The molecule has 1 N–H and O–H groups in total. The van der Waals surface area contributed by atoms with E-state index in [2.05, 4.69) is 53.3 Å². The van der Waals surface area contributed by atoms with Gasteiger partial charge >= 0.3 is 0 Å². The Morgan fingerprint density at radius 3 is 2.94 bits per heavy atom. The molecule has 1 heterocycles. The first-order valence-corrected chi connectivity index (χ1v) is 6.60. The molecular weight excluding hydrogens is 266 g/mol. The smallest absolute Gasteiger partial charge is 0.0751 e. The van der Waals surface area contributed by atoms with E-state index in [1.165, 1.54) is 24.1 Å². The molecule has 2 nitrogen and oxygen atoms in total. The molecule has 1 fully saturated rings. The highest BCUT2D eigenvalue weighted by Gasteiger charge is 2.21. The van der Waals surface area contributed by atoms with E-state index in [0.29, 0.717) is 12.2 Å². The van der Waals surface area contributed by atoms with Crippen LogP contribution in [0.5, 0.6) is 0 Å². The zero-order valence-corrected chi connectivity index (χ0v) is 11.4. The number of aryl methyl sites for hydroxylation is 1. The molecule has 16 heavy (non-hydrogen) atoms. The van der Waals surface area contributed by atoms with Crippen LogP contribution in [0.25, 0.3) is 0 Å². The van der Waals surface area contributed by atoms with Gasteiger partial charge in [-0.05, 0) is 44.4 Å². The molecule has 3 heteroatoms. The van der Waals surface area contributed by atoms with Gasteiger partial charge in [-0.1, -0.05) is 22.0 Å². The Hall–Kier alpha value is -0.540. The molecule has 2 rings (SSSR count). The fourth-order valence-corrected chi connectivity index (χ4v) is 2.40. The number of nitrogens with one attached hydrogen (secondary N) is 1. The lowest BCUT2D eigenvalue weighted by Gasteiger charge is -2.15. The average molecular weight is 284 g/mol. The topological polar surface area (TPSA) is 21.3 Å². The van der Waals surface area contributed by atoms with Crippen molar-refractivity contribution in [2.75, 3.05) is 11.9 Å². The van der Waals surface area contributed by atoms with Crippen LogP contribution in [-0.4, -0.2) is 18.8 Å². The summed E-state index contributed by atoms with van der Waals surface area (Å²) in [4.78, 5) is 0. The predicted molar refractivity (Wildman–Crippen MR) is 70.9 cm³/mol. The number of halogens is 1. The molecular formula is C13H18BrNO. The molecule has 2 unspecified atom stereocenters. The third kappa shape index (κ3) is 2.98. The molecule has 1 saturated heterocycles. The van der Waals surface area contributed by atoms with Crippen LogP contribution in [0.15, 0.2) is 22.7 Å². The van der Waals surface area contributed by atoms with Crippen LogP contribution in [-0.2, 0) is 4.74 Å². The molecule has 1 aliphatic rings. The van der Waals surface area contributed by atoms with Gasteiger partial charge < -0.3 is 10.1 Å². The minimum absolute atomic E-state index is 0.369. The van der Waals surface area contributed by atoms with E-state index < -0.39 is 0 Å². The summed E-state index contributed by atoms with van der Waals surface area (Å²) in [5.74, 6) is 0. The Labute approximate surface area is 106 Å². The third-order valence-corrected chi connectivity index (χ3v) is 3.53. The molecule has 0 saturated carbocycles. The van der Waals surface area contributed by atoms with Crippen molar-refractivity contribution < 1.29 is 4.74 Å². The zero-order valence-electron chi connectivity index (χ0n) is 9.79. The molecule has 1 aromatic carbocycles. The average Bonchev–Trinajstić information content (AvgIpc) is 2.66. The highest BCUT2D eigenvalue weighted by molar-refractivity contribution is 9.10. The van der Waals surface area contributed by atoms with E-state index >= 15 is 0 Å². The molecule has 0 radical (unpaired) electrons. The number of anilines is 1. The number of hydrogen-bond donors (Lipinski definition) is 1. The predicted octanol–water partition coefficient (Wildman–Crippen LogP) is 3.74. The second kappa shape index (κ2) is 5.19. The third-order valence-electron chi connectivity index (χ3n) is 3.04. The van der Waals surface area contributed by atoms with Gasteiger partial charge in [0.15, 0.2) is 0 Å². The van der Waals surface area contributed by atoms with Gasteiger partial charge in [0, 0.05) is 16.7 Å². The zero-order chi connectivity index (χ0) is 11.5. The first-order valence-electron chi connectivity index (χ1n) is 5.80. The summed E-state index contributed by atoms with van der Waals surface area (Å²) < 4.78 is 6.89. The van der Waals surface area contributed by atoms with Crippen molar-refractivity contribution in [3.05, 3.63) is 28.2 Å². The van der Waals surface area contributed by atoms with Crippen molar-refractivity contribution in [2.45, 2.75) is 38.9 Å². The monoisotopic (exact) mass is 283 g/mol. The number of benzene rings is 1. The standard InChI is InChI=1S/C13H18BrNO/c1-9-3-5-11(14)7-13(9)15-8-12-6-4-10(2)16-12/h3,5,7,10,12,15H,4,6,8H2,1-2H3. The van der Waals surface area contributed by atoms with E-state index in [1.54, 1.807) is 0 Å². The molecule has 1 aliphatic heterocycles. The first kappa shape index (κ1) is 11.9. The van der Waals surface area contributed by atoms with Gasteiger partial charge in [0.2, 0.25) is 0 Å². The molecule has 1 aromatic rings. The summed E-state index contributed by atoms with van der Waals surface area (Å²) in [6, 6.07) is 6.30. The van der Waals surface area contributed by atoms with E-state index in [4.69, 9.17) is 4.74 Å². The van der Waals surface area contributed by atoms with Crippen LogP contribution in [0.2, 0.25) is 0 Å². The molecule has 0 bridgehead atoms. The highest BCUT2D eigenvalue weighted by atomic mass is 79.9. The molecule has 0 amide bonds. The molecule has 0 spiro atoms. The Kier molecular flexibility index (Phi) is 3.87. The van der Waals surface area contributed by atoms with Gasteiger partial charge in [-0.25, -0.2) is 0 Å². The van der Waals surface area contributed by atoms with Crippen molar-refractivity contribution in [1.29, 1.82) is 0 Å². The second-order valence-electron chi connectivity index (χ2n) is 4.49. The summed E-state index contributed by atoms with van der Waals surface area (Å²) >= 11 is 3.49. The largest absolute Gasteiger partial charge is 0.382 e. The maximum atomic E-state index is 5.78. The van der Waals surface area contributed by atoms with Crippen molar-refractivity contribution in [3.8, 4) is 0 Å². The van der Waals surface area contributed by atoms with Gasteiger partial charge in [0.05, 0.1) is 12.2 Å². The molecule has 0 aromatic heterocycles. The lowest BCUT2D eigenvalue weighted by atomic mass is 10.2. The molecule has 88 valence electrons. The van der Waals surface area contributed by atoms with Crippen LogP contribution >= 0.6 is 15.9 Å². The summed E-state index contributed by atoms with van der Waals surface area (Å²) in [7, 11) is 0. The van der Waals surface area contributed by atoms with Gasteiger partial charge in [-0.2, -0.15) is 0 Å². The molecule has 0 aliphatic carbocycles. The summed E-state index contributed by atoms with van der Waals surface area (Å²) in [6.45, 7) is 5.17.